The van der Waals surface area contributed by atoms with Crippen LogP contribution in [0.3, 0.4) is 0 Å². The van der Waals surface area contributed by atoms with Crippen LogP contribution in [0.1, 0.15) is 18.9 Å². The summed E-state index contributed by atoms with van der Waals surface area (Å²) in [5, 5.41) is 0. The molecular weight excluding hydrogens is 276 g/mol. The van der Waals surface area contributed by atoms with Crippen LogP contribution in [0.4, 0.5) is 0 Å². The summed E-state index contributed by atoms with van der Waals surface area (Å²) in [5.41, 5.74) is 1.21. The summed E-state index contributed by atoms with van der Waals surface area (Å²) in [7, 11) is 1.77. The van der Waals surface area contributed by atoms with Crippen molar-refractivity contribution in [3.05, 3.63) is 29.8 Å². The lowest BCUT2D eigenvalue weighted by atomic mass is 10.2. The molecule has 0 amide bonds. The number of ether oxygens (including phenoxy) is 2. The Labute approximate surface area is 135 Å². The minimum Gasteiger partial charge on any atom is -0.493 e. The predicted molar refractivity (Wildman–Crippen MR) is 90.6 cm³/mol. The number of hydrogen-bond donors (Lipinski definition) is 0. The summed E-state index contributed by atoms with van der Waals surface area (Å²) in [4.78, 5) is 5.07. The first-order valence-electron chi connectivity index (χ1n) is 8.34. The fourth-order valence-electron chi connectivity index (χ4n) is 3.00. The molecule has 1 saturated heterocycles. The van der Waals surface area contributed by atoms with E-state index in [1.54, 1.807) is 7.11 Å². The van der Waals surface area contributed by atoms with Gasteiger partial charge in [-0.3, -0.25) is 4.90 Å². The highest BCUT2D eigenvalue weighted by atomic mass is 16.5. The number of hydrogen-bond acceptors (Lipinski definition) is 4. The molecule has 1 aromatic rings. The van der Waals surface area contributed by atoms with E-state index in [0.717, 1.165) is 58.1 Å². The molecule has 124 valence electrons. The second-order valence-electron chi connectivity index (χ2n) is 6.15. The third kappa shape index (κ3) is 5.27. The first-order chi connectivity index (χ1) is 10.7. The van der Waals surface area contributed by atoms with Gasteiger partial charge in [-0.15, -0.1) is 0 Å². The Morgan fingerprint density at radius 2 is 1.95 bits per heavy atom. The molecule has 1 aliphatic rings. The van der Waals surface area contributed by atoms with Gasteiger partial charge in [-0.1, -0.05) is 18.2 Å². The van der Waals surface area contributed by atoms with Gasteiger partial charge in [-0.05, 0) is 31.9 Å². The van der Waals surface area contributed by atoms with Gasteiger partial charge in [0.2, 0.25) is 0 Å². The van der Waals surface area contributed by atoms with Crippen LogP contribution in [0, 0.1) is 6.92 Å². The maximum absolute atomic E-state index is 5.88. The van der Waals surface area contributed by atoms with E-state index < -0.39 is 0 Å². The molecule has 0 spiro atoms. The molecule has 1 fully saturated rings. The van der Waals surface area contributed by atoms with Gasteiger partial charge < -0.3 is 14.4 Å². The molecule has 22 heavy (non-hydrogen) atoms. The molecule has 1 atom stereocenters. The number of nitrogens with zero attached hydrogens (tertiary/aromatic N) is 2. The molecule has 0 aromatic heterocycles. The Kier molecular flexibility index (Phi) is 7.16. The molecule has 4 nitrogen and oxygen atoms in total. The van der Waals surface area contributed by atoms with Crippen molar-refractivity contribution in [1.29, 1.82) is 0 Å². The Balaban J connectivity index is 1.63. The number of para-hydroxylation sites is 1. The molecule has 0 radical (unpaired) electrons. The van der Waals surface area contributed by atoms with Gasteiger partial charge in [0.1, 0.15) is 5.75 Å². The maximum Gasteiger partial charge on any atom is 0.122 e. The Bertz CT molecular complexity index is 439. The summed E-state index contributed by atoms with van der Waals surface area (Å²) in [6, 6.07) is 8.83. The van der Waals surface area contributed by atoms with Gasteiger partial charge >= 0.3 is 0 Å². The SMILES string of the molecule is COCCN1CCN(CCCOc2ccccc2C)C[C@H]1C. The van der Waals surface area contributed by atoms with E-state index in [-0.39, 0.29) is 0 Å². The molecule has 0 N–H and O–H groups in total. The standard InChI is InChI=1S/C18H30N2O2/c1-16-7-4-5-8-18(16)22-13-6-9-19-10-11-20(12-14-21-3)17(2)15-19/h4-5,7-8,17H,6,9-15H2,1-3H3/t17-/m1/s1. The summed E-state index contributed by atoms with van der Waals surface area (Å²) < 4.78 is 11.1. The largest absolute Gasteiger partial charge is 0.493 e. The number of aryl methyl sites for hydroxylation is 1. The normalized spacial score (nSPS) is 20.2. The lowest BCUT2D eigenvalue weighted by Gasteiger charge is -2.39. The average molecular weight is 306 g/mol. The topological polar surface area (TPSA) is 24.9 Å². The van der Waals surface area contributed by atoms with E-state index in [4.69, 9.17) is 9.47 Å². The molecular formula is C18H30N2O2. The highest BCUT2D eigenvalue weighted by Gasteiger charge is 2.22. The van der Waals surface area contributed by atoms with Crippen LogP contribution in [0.2, 0.25) is 0 Å². The van der Waals surface area contributed by atoms with Crippen LogP contribution in [0.5, 0.6) is 5.75 Å². The average Bonchev–Trinajstić information content (AvgIpc) is 2.52. The summed E-state index contributed by atoms with van der Waals surface area (Å²) >= 11 is 0. The van der Waals surface area contributed by atoms with Crippen molar-refractivity contribution in [3.63, 3.8) is 0 Å². The van der Waals surface area contributed by atoms with Gasteiger partial charge in [-0.2, -0.15) is 0 Å². The minimum absolute atomic E-state index is 0.612. The van der Waals surface area contributed by atoms with Gasteiger partial charge in [-0.25, -0.2) is 0 Å². The van der Waals surface area contributed by atoms with E-state index >= 15 is 0 Å². The highest BCUT2D eigenvalue weighted by molar-refractivity contribution is 5.31. The fraction of sp³-hybridized carbons (Fsp3) is 0.667. The van der Waals surface area contributed by atoms with Crippen molar-refractivity contribution in [2.45, 2.75) is 26.3 Å². The van der Waals surface area contributed by atoms with Crippen molar-refractivity contribution in [1.82, 2.24) is 9.80 Å². The van der Waals surface area contributed by atoms with Crippen LogP contribution in [0.25, 0.3) is 0 Å². The number of benzene rings is 1. The second kappa shape index (κ2) is 9.13. The fourth-order valence-corrected chi connectivity index (χ4v) is 3.00. The van der Waals surface area contributed by atoms with Crippen molar-refractivity contribution in [3.8, 4) is 5.75 Å². The smallest absolute Gasteiger partial charge is 0.122 e. The van der Waals surface area contributed by atoms with Crippen molar-refractivity contribution in [2.24, 2.45) is 0 Å². The summed E-state index contributed by atoms with van der Waals surface area (Å²) in [6.45, 7) is 11.6. The number of piperazine rings is 1. The molecule has 0 aliphatic carbocycles. The molecule has 0 saturated carbocycles. The molecule has 1 aromatic carbocycles. The van der Waals surface area contributed by atoms with Crippen LogP contribution < -0.4 is 4.74 Å². The van der Waals surface area contributed by atoms with Gasteiger partial charge in [0.15, 0.2) is 0 Å². The van der Waals surface area contributed by atoms with E-state index in [1.165, 1.54) is 5.56 Å². The third-order valence-electron chi connectivity index (χ3n) is 4.40. The lowest BCUT2D eigenvalue weighted by molar-refractivity contribution is 0.0569. The van der Waals surface area contributed by atoms with E-state index in [0.29, 0.717) is 6.04 Å². The summed E-state index contributed by atoms with van der Waals surface area (Å²) in [5.74, 6) is 1.01. The molecule has 4 heteroatoms. The Morgan fingerprint density at radius 1 is 1.14 bits per heavy atom. The quantitative estimate of drug-likeness (QED) is 0.689. The predicted octanol–water partition coefficient (Wildman–Crippen LogP) is 2.42. The van der Waals surface area contributed by atoms with Crippen LogP contribution in [-0.4, -0.2) is 68.9 Å². The maximum atomic E-state index is 5.88. The molecule has 2 rings (SSSR count). The van der Waals surface area contributed by atoms with Crippen molar-refractivity contribution >= 4 is 0 Å². The molecule has 0 unspecified atom stereocenters. The lowest BCUT2D eigenvalue weighted by Crippen LogP contribution is -2.52. The molecule has 1 aliphatic heterocycles. The van der Waals surface area contributed by atoms with E-state index in [2.05, 4.69) is 29.7 Å². The second-order valence-corrected chi connectivity index (χ2v) is 6.15. The van der Waals surface area contributed by atoms with Gasteiger partial charge in [0, 0.05) is 45.9 Å². The molecule has 1 heterocycles. The first kappa shape index (κ1) is 17.3. The van der Waals surface area contributed by atoms with Crippen LogP contribution >= 0.6 is 0 Å². The van der Waals surface area contributed by atoms with E-state index in [1.807, 2.05) is 18.2 Å². The Morgan fingerprint density at radius 3 is 2.68 bits per heavy atom. The van der Waals surface area contributed by atoms with Crippen molar-refractivity contribution in [2.75, 3.05) is 53.0 Å². The zero-order chi connectivity index (χ0) is 15.8. The van der Waals surface area contributed by atoms with Gasteiger partial charge in [0.05, 0.1) is 13.2 Å². The molecule has 0 bridgehead atoms. The van der Waals surface area contributed by atoms with Crippen molar-refractivity contribution < 1.29 is 9.47 Å². The van der Waals surface area contributed by atoms with Gasteiger partial charge in [0.25, 0.3) is 0 Å². The Hall–Kier alpha value is -1.10. The summed E-state index contributed by atoms with van der Waals surface area (Å²) in [6.07, 6.45) is 1.08. The monoisotopic (exact) mass is 306 g/mol. The number of rotatable bonds is 8. The van der Waals surface area contributed by atoms with Crippen LogP contribution in [-0.2, 0) is 4.74 Å². The van der Waals surface area contributed by atoms with Crippen LogP contribution in [0.15, 0.2) is 24.3 Å². The number of methoxy groups -OCH3 is 1. The zero-order valence-electron chi connectivity index (χ0n) is 14.3. The minimum atomic E-state index is 0.612. The first-order valence-corrected chi connectivity index (χ1v) is 8.34. The highest BCUT2D eigenvalue weighted by Crippen LogP contribution is 2.16. The third-order valence-corrected chi connectivity index (χ3v) is 4.40. The van der Waals surface area contributed by atoms with E-state index in [9.17, 15) is 0 Å². The zero-order valence-corrected chi connectivity index (χ0v) is 14.3.